The molecule has 3 amide bonds. The number of nitrogen functional groups attached to an aromatic ring is 1. The van der Waals surface area contributed by atoms with Gasteiger partial charge in [-0.1, -0.05) is 33.6 Å². The van der Waals surface area contributed by atoms with Crippen LogP contribution in [0.5, 0.6) is 0 Å². The average molecular weight is 450 g/mol. The number of primary amides is 1. The van der Waals surface area contributed by atoms with Crippen LogP contribution in [0.25, 0.3) is 0 Å². The van der Waals surface area contributed by atoms with Gasteiger partial charge in [-0.15, -0.1) is 0 Å². The van der Waals surface area contributed by atoms with Gasteiger partial charge in [0, 0.05) is 6.54 Å². The second-order valence-corrected chi connectivity index (χ2v) is 8.56. The fraction of sp³-hybridized carbons (Fsp3) is 0.524. The fourth-order valence-corrected chi connectivity index (χ4v) is 3.84. The number of furan rings is 1. The van der Waals surface area contributed by atoms with Crippen molar-refractivity contribution in [3.63, 3.8) is 0 Å². The van der Waals surface area contributed by atoms with Gasteiger partial charge in [0.1, 0.15) is 16.7 Å². The molecule has 2 rings (SSSR count). The van der Waals surface area contributed by atoms with Crippen LogP contribution in [0, 0.1) is 5.92 Å². The molecule has 0 spiro atoms. The van der Waals surface area contributed by atoms with Crippen molar-refractivity contribution in [3.8, 4) is 0 Å². The molecule has 9 nitrogen and oxygen atoms in total. The highest BCUT2D eigenvalue weighted by Crippen LogP contribution is 2.26. The number of hydrogen-bond acceptors (Lipinski definition) is 7. The Morgan fingerprint density at radius 2 is 2.03 bits per heavy atom. The molecule has 2 aromatic heterocycles. The Bertz CT molecular complexity index is 878. The highest BCUT2D eigenvalue weighted by molar-refractivity contribution is 7.09. The molecular formula is C21H31N5O4S. The summed E-state index contributed by atoms with van der Waals surface area (Å²) in [5.74, 6) is -0.548. The van der Waals surface area contributed by atoms with Crippen LogP contribution in [0.3, 0.4) is 0 Å². The van der Waals surface area contributed by atoms with Crippen molar-refractivity contribution < 1.29 is 18.8 Å². The van der Waals surface area contributed by atoms with Gasteiger partial charge in [-0.05, 0) is 42.4 Å². The second kappa shape index (κ2) is 11.5. The molecule has 1 unspecified atom stereocenters. The largest absolute Gasteiger partial charge is 0.467 e. The highest BCUT2D eigenvalue weighted by Gasteiger charge is 2.33. The van der Waals surface area contributed by atoms with Crippen molar-refractivity contribution in [1.82, 2.24) is 14.6 Å². The minimum Gasteiger partial charge on any atom is -0.467 e. The number of carbonyl (C=O) groups excluding carboxylic acids is 3. The molecule has 0 radical (unpaired) electrons. The van der Waals surface area contributed by atoms with E-state index in [0.29, 0.717) is 24.6 Å². The SMILES string of the molecule is CCCCC(C(=O)NCCC(C)C)N(Cc1ccco1)C(=O)c1snc(C(N)=O)c1N. The Kier molecular flexibility index (Phi) is 9.04. The zero-order chi connectivity index (χ0) is 23.0. The van der Waals surface area contributed by atoms with E-state index in [1.54, 1.807) is 12.1 Å². The summed E-state index contributed by atoms with van der Waals surface area (Å²) < 4.78 is 9.35. The van der Waals surface area contributed by atoms with E-state index >= 15 is 0 Å². The molecule has 0 aliphatic carbocycles. The van der Waals surface area contributed by atoms with E-state index in [-0.39, 0.29) is 28.7 Å². The summed E-state index contributed by atoms with van der Waals surface area (Å²) in [6.45, 7) is 6.79. The maximum absolute atomic E-state index is 13.5. The van der Waals surface area contributed by atoms with Crippen molar-refractivity contribution in [1.29, 1.82) is 0 Å². The summed E-state index contributed by atoms with van der Waals surface area (Å²) in [6, 6.07) is 2.73. The monoisotopic (exact) mass is 449 g/mol. The Hall–Kier alpha value is -2.88. The number of rotatable bonds is 12. The van der Waals surface area contributed by atoms with Crippen molar-refractivity contribution in [2.75, 3.05) is 12.3 Å². The number of anilines is 1. The summed E-state index contributed by atoms with van der Waals surface area (Å²) in [5, 5.41) is 2.95. The lowest BCUT2D eigenvalue weighted by Crippen LogP contribution is -2.49. The third-order valence-electron chi connectivity index (χ3n) is 4.85. The van der Waals surface area contributed by atoms with Crippen LogP contribution in [0.1, 0.15) is 72.4 Å². The van der Waals surface area contributed by atoms with Gasteiger partial charge in [0.05, 0.1) is 18.5 Å². The summed E-state index contributed by atoms with van der Waals surface area (Å²) in [7, 11) is 0. The van der Waals surface area contributed by atoms with Crippen LogP contribution in [0.4, 0.5) is 5.69 Å². The second-order valence-electron chi connectivity index (χ2n) is 7.78. The molecule has 0 saturated heterocycles. The van der Waals surface area contributed by atoms with Crippen molar-refractivity contribution in [2.45, 2.75) is 59.0 Å². The standard InChI is InChI=1S/C21H31N5O4S/c1-4-5-8-15(20(28)24-10-9-13(2)3)26(12-14-7-6-11-30-14)21(29)18-16(22)17(19(23)27)25-31-18/h6-7,11,13,15H,4-5,8-10,12,22H2,1-3H3,(H2,23,27)(H,24,28). The molecule has 31 heavy (non-hydrogen) atoms. The molecule has 2 heterocycles. The van der Waals surface area contributed by atoms with E-state index in [2.05, 4.69) is 23.5 Å². The molecule has 10 heteroatoms. The van der Waals surface area contributed by atoms with Gasteiger partial charge in [-0.25, -0.2) is 0 Å². The van der Waals surface area contributed by atoms with Gasteiger partial charge in [0.25, 0.3) is 11.8 Å². The maximum Gasteiger partial charge on any atom is 0.270 e. The van der Waals surface area contributed by atoms with Crippen LogP contribution < -0.4 is 16.8 Å². The van der Waals surface area contributed by atoms with Gasteiger partial charge < -0.3 is 26.1 Å². The van der Waals surface area contributed by atoms with Gasteiger partial charge in [-0.2, -0.15) is 4.37 Å². The minimum atomic E-state index is -0.806. The summed E-state index contributed by atoms with van der Waals surface area (Å²) in [5.41, 5.74) is 11.1. The van der Waals surface area contributed by atoms with Gasteiger partial charge in [0.2, 0.25) is 5.91 Å². The number of hydrogen-bond donors (Lipinski definition) is 3. The van der Waals surface area contributed by atoms with Gasteiger partial charge >= 0.3 is 0 Å². The Balaban J connectivity index is 2.36. The first-order valence-electron chi connectivity index (χ1n) is 10.4. The lowest BCUT2D eigenvalue weighted by Gasteiger charge is -2.30. The van der Waals surface area contributed by atoms with Crippen molar-refractivity contribution >= 4 is 34.9 Å². The number of amides is 3. The average Bonchev–Trinajstić information content (AvgIpc) is 3.36. The molecule has 0 aliphatic heterocycles. The Labute approximate surface area is 186 Å². The van der Waals surface area contributed by atoms with Gasteiger partial charge in [-0.3, -0.25) is 14.4 Å². The van der Waals surface area contributed by atoms with Crippen molar-refractivity contribution in [2.24, 2.45) is 11.7 Å². The zero-order valence-electron chi connectivity index (χ0n) is 18.2. The molecule has 0 aliphatic rings. The molecule has 0 saturated carbocycles. The lowest BCUT2D eigenvalue weighted by atomic mass is 10.1. The van der Waals surface area contributed by atoms with Crippen molar-refractivity contribution in [3.05, 3.63) is 34.7 Å². The Morgan fingerprint density at radius 1 is 1.29 bits per heavy atom. The summed E-state index contributed by atoms with van der Waals surface area (Å²) >= 11 is 0.799. The molecular weight excluding hydrogens is 418 g/mol. The quantitative estimate of drug-likeness (QED) is 0.454. The maximum atomic E-state index is 13.5. The summed E-state index contributed by atoms with van der Waals surface area (Å²) in [4.78, 5) is 39.6. The molecule has 2 aromatic rings. The first-order chi connectivity index (χ1) is 14.8. The zero-order valence-corrected chi connectivity index (χ0v) is 19.0. The molecule has 0 aromatic carbocycles. The predicted octanol–water partition coefficient (Wildman–Crippen LogP) is 2.78. The topological polar surface area (TPSA) is 145 Å². The molecule has 0 fully saturated rings. The highest BCUT2D eigenvalue weighted by atomic mass is 32.1. The Morgan fingerprint density at radius 3 is 2.58 bits per heavy atom. The van der Waals surface area contributed by atoms with E-state index in [1.807, 2.05) is 6.92 Å². The smallest absolute Gasteiger partial charge is 0.270 e. The molecule has 5 N–H and O–H groups in total. The molecule has 0 bridgehead atoms. The molecule has 170 valence electrons. The predicted molar refractivity (Wildman–Crippen MR) is 119 cm³/mol. The number of nitrogens with zero attached hydrogens (tertiary/aromatic N) is 2. The first-order valence-corrected chi connectivity index (χ1v) is 11.2. The third-order valence-corrected chi connectivity index (χ3v) is 5.70. The normalized spacial score (nSPS) is 12.0. The number of nitrogens with one attached hydrogen (secondary N) is 1. The van der Waals surface area contributed by atoms with Crippen LogP contribution in [0.15, 0.2) is 22.8 Å². The van der Waals surface area contributed by atoms with Crippen LogP contribution in [0.2, 0.25) is 0 Å². The molecule has 1 atom stereocenters. The number of nitrogens with two attached hydrogens (primary N) is 2. The van der Waals surface area contributed by atoms with Crippen LogP contribution in [-0.4, -0.2) is 39.6 Å². The van der Waals surface area contributed by atoms with Crippen LogP contribution in [-0.2, 0) is 11.3 Å². The number of aromatic nitrogens is 1. The van der Waals surface area contributed by atoms with E-state index in [4.69, 9.17) is 15.9 Å². The third kappa shape index (κ3) is 6.55. The minimum absolute atomic E-state index is 0.0681. The number of carbonyl (C=O) groups is 3. The van der Waals surface area contributed by atoms with E-state index in [1.165, 1.54) is 11.2 Å². The van der Waals surface area contributed by atoms with E-state index in [0.717, 1.165) is 30.8 Å². The number of unbranched alkanes of at least 4 members (excludes halogenated alkanes) is 1. The van der Waals surface area contributed by atoms with Gasteiger partial charge in [0.15, 0.2) is 5.69 Å². The first kappa shape index (κ1) is 24.4. The lowest BCUT2D eigenvalue weighted by molar-refractivity contribution is -0.126. The summed E-state index contributed by atoms with van der Waals surface area (Å²) in [6.07, 6.45) is 4.45. The fourth-order valence-electron chi connectivity index (χ4n) is 3.08. The van der Waals surface area contributed by atoms with E-state index < -0.39 is 17.9 Å². The van der Waals surface area contributed by atoms with Crippen LogP contribution >= 0.6 is 11.5 Å². The van der Waals surface area contributed by atoms with E-state index in [9.17, 15) is 14.4 Å².